The van der Waals surface area contributed by atoms with E-state index >= 15 is 0 Å². The van der Waals surface area contributed by atoms with Gasteiger partial charge in [0.25, 0.3) is 0 Å². The lowest BCUT2D eigenvalue weighted by atomic mass is 9.74. The van der Waals surface area contributed by atoms with Gasteiger partial charge in [0.05, 0.1) is 18.4 Å². The Kier molecular flexibility index (Phi) is 6.71. The van der Waals surface area contributed by atoms with Gasteiger partial charge in [0.15, 0.2) is 0 Å². The van der Waals surface area contributed by atoms with Crippen molar-refractivity contribution in [3.63, 3.8) is 0 Å². The van der Waals surface area contributed by atoms with Gasteiger partial charge in [-0.3, -0.25) is 4.39 Å². The van der Waals surface area contributed by atoms with E-state index in [1.54, 1.807) is 0 Å². The zero-order valence-corrected chi connectivity index (χ0v) is 17.2. The monoisotopic (exact) mass is 421 g/mol. The molecular formula is C23H27F4N3. The first-order chi connectivity index (χ1) is 14.4. The minimum absolute atomic E-state index is 0.216. The molecule has 0 radical (unpaired) electrons. The first-order valence-electron chi connectivity index (χ1n) is 10.0. The van der Waals surface area contributed by atoms with Crippen molar-refractivity contribution in [2.24, 2.45) is 0 Å². The molecule has 0 bridgehead atoms. The van der Waals surface area contributed by atoms with E-state index in [2.05, 4.69) is 16.0 Å². The predicted molar refractivity (Wildman–Crippen MR) is 113 cm³/mol. The predicted octanol–water partition coefficient (Wildman–Crippen LogP) is 5.85. The molecule has 0 aromatic heterocycles. The van der Waals surface area contributed by atoms with Crippen molar-refractivity contribution in [2.75, 3.05) is 30.9 Å². The van der Waals surface area contributed by atoms with Crippen LogP contribution >= 0.6 is 0 Å². The van der Waals surface area contributed by atoms with Crippen molar-refractivity contribution in [3.05, 3.63) is 70.9 Å². The van der Waals surface area contributed by atoms with Gasteiger partial charge in [-0.2, -0.15) is 13.2 Å². The summed E-state index contributed by atoms with van der Waals surface area (Å²) in [5, 5.41) is 9.63. The molecule has 162 valence electrons. The summed E-state index contributed by atoms with van der Waals surface area (Å²) in [5.74, 6) is 0. The van der Waals surface area contributed by atoms with Crippen molar-refractivity contribution in [1.29, 1.82) is 0 Å². The zero-order valence-electron chi connectivity index (χ0n) is 17.2. The van der Waals surface area contributed by atoms with E-state index in [1.807, 2.05) is 49.4 Å². The number of fused-ring (bicyclic) bond motifs is 3. The minimum atomic E-state index is -4.42. The molecule has 0 saturated carbocycles. The molecule has 0 spiro atoms. The summed E-state index contributed by atoms with van der Waals surface area (Å²) < 4.78 is 51.1. The quantitative estimate of drug-likeness (QED) is 0.542. The van der Waals surface area contributed by atoms with Gasteiger partial charge >= 0.3 is 6.18 Å². The number of anilines is 2. The molecule has 2 heterocycles. The highest BCUT2D eigenvalue weighted by Gasteiger charge is 2.46. The minimum Gasteiger partial charge on any atom is -0.381 e. The van der Waals surface area contributed by atoms with Crippen LogP contribution in [0.4, 0.5) is 28.9 Å². The second-order valence-corrected chi connectivity index (χ2v) is 7.42. The molecule has 0 aliphatic carbocycles. The molecule has 2 aromatic carbocycles. The van der Waals surface area contributed by atoms with Gasteiger partial charge < -0.3 is 16.0 Å². The van der Waals surface area contributed by atoms with Crippen LogP contribution in [0.5, 0.6) is 0 Å². The Balaban J connectivity index is 0.00000124. The molecule has 2 aromatic rings. The molecule has 2 aliphatic rings. The van der Waals surface area contributed by atoms with Gasteiger partial charge in [-0.15, -0.1) is 0 Å². The van der Waals surface area contributed by atoms with E-state index in [4.69, 9.17) is 0 Å². The summed E-state index contributed by atoms with van der Waals surface area (Å²) in [6, 6.07) is 12.8. The first kappa shape index (κ1) is 22.2. The highest BCUT2D eigenvalue weighted by molar-refractivity contribution is 5.76. The largest absolute Gasteiger partial charge is 0.418 e. The Hall–Kier alpha value is -2.54. The van der Waals surface area contributed by atoms with Crippen LogP contribution in [0.15, 0.2) is 54.2 Å². The Bertz CT molecular complexity index is 893. The summed E-state index contributed by atoms with van der Waals surface area (Å²) in [7, 11) is 0.500. The number of allylic oxidation sites excluding steroid dienone is 1. The lowest BCUT2D eigenvalue weighted by Crippen LogP contribution is -2.28. The van der Waals surface area contributed by atoms with Gasteiger partial charge in [0, 0.05) is 29.9 Å². The molecule has 3 N–H and O–H groups in total. The van der Waals surface area contributed by atoms with Crippen molar-refractivity contribution < 1.29 is 17.6 Å². The number of nitrogens with one attached hydrogen (secondary N) is 3. The third kappa shape index (κ3) is 4.17. The molecule has 2 aliphatic heterocycles. The maximum absolute atomic E-state index is 13.9. The molecular weight excluding hydrogens is 394 g/mol. The number of hydrogen-bond acceptors (Lipinski definition) is 3. The van der Waals surface area contributed by atoms with Crippen molar-refractivity contribution in [1.82, 2.24) is 5.32 Å². The van der Waals surface area contributed by atoms with E-state index in [9.17, 15) is 17.6 Å². The fourth-order valence-corrected chi connectivity index (χ4v) is 4.33. The van der Waals surface area contributed by atoms with E-state index in [0.717, 1.165) is 36.2 Å². The average Bonchev–Trinajstić information content (AvgIpc) is 2.91. The van der Waals surface area contributed by atoms with Crippen molar-refractivity contribution in [2.45, 2.75) is 37.9 Å². The zero-order chi connectivity index (χ0) is 21.8. The molecule has 4 rings (SSSR count). The van der Waals surface area contributed by atoms with E-state index in [1.165, 1.54) is 6.07 Å². The number of halogens is 4. The third-order valence-corrected chi connectivity index (χ3v) is 5.86. The second kappa shape index (κ2) is 9.08. The molecule has 3 nitrogen and oxygen atoms in total. The fourth-order valence-electron chi connectivity index (χ4n) is 4.33. The average molecular weight is 421 g/mol. The van der Waals surface area contributed by atoms with Crippen molar-refractivity contribution >= 4 is 11.4 Å². The molecule has 0 fully saturated rings. The van der Waals surface area contributed by atoms with Crippen LogP contribution in [-0.4, -0.2) is 20.3 Å². The normalized spacial score (nSPS) is 20.0. The highest BCUT2D eigenvalue weighted by atomic mass is 19.4. The Labute approximate surface area is 174 Å². The van der Waals surface area contributed by atoms with Crippen LogP contribution in [0.25, 0.3) is 0 Å². The topological polar surface area (TPSA) is 36.1 Å². The van der Waals surface area contributed by atoms with Crippen LogP contribution in [0.2, 0.25) is 0 Å². The maximum Gasteiger partial charge on any atom is 0.418 e. The van der Waals surface area contributed by atoms with Crippen molar-refractivity contribution in [3.8, 4) is 0 Å². The van der Waals surface area contributed by atoms with Crippen LogP contribution in [0, 0.1) is 0 Å². The molecule has 1 atom stereocenters. The van der Waals surface area contributed by atoms with Gasteiger partial charge in [-0.25, -0.2) is 0 Å². The van der Waals surface area contributed by atoms with E-state index in [-0.39, 0.29) is 5.69 Å². The van der Waals surface area contributed by atoms with Gasteiger partial charge in [-0.1, -0.05) is 43.3 Å². The molecule has 30 heavy (non-hydrogen) atoms. The SMILES string of the molecule is CC[C@@]12CCNCC=C1Nc1c(C(F)(F)F)cc(NCc3ccccc3)cc12.CF. The molecule has 0 saturated heterocycles. The van der Waals surface area contributed by atoms with Gasteiger partial charge in [-0.05, 0) is 42.6 Å². The van der Waals surface area contributed by atoms with Crippen LogP contribution < -0.4 is 16.0 Å². The summed E-state index contributed by atoms with van der Waals surface area (Å²) in [6.07, 6.45) is -0.902. The van der Waals surface area contributed by atoms with Crippen LogP contribution in [0.1, 0.15) is 36.5 Å². The number of benzene rings is 2. The Morgan fingerprint density at radius 2 is 1.83 bits per heavy atom. The summed E-state index contributed by atoms with van der Waals surface area (Å²) in [6.45, 7) is 3.97. The van der Waals surface area contributed by atoms with Gasteiger partial charge in [0.1, 0.15) is 0 Å². The smallest absolute Gasteiger partial charge is 0.381 e. The van der Waals surface area contributed by atoms with Crippen LogP contribution in [0.3, 0.4) is 0 Å². The lowest BCUT2D eigenvalue weighted by molar-refractivity contribution is -0.136. The Morgan fingerprint density at radius 3 is 2.50 bits per heavy atom. The van der Waals surface area contributed by atoms with E-state index in [0.29, 0.717) is 26.0 Å². The maximum atomic E-state index is 13.9. The van der Waals surface area contributed by atoms with E-state index < -0.39 is 17.2 Å². The fraction of sp³-hybridized carbons (Fsp3) is 0.391. The molecule has 0 unspecified atom stereocenters. The number of hydrogen-bond donors (Lipinski definition) is 3. The summed E-state index contributed by atoms with van der Waals surface area (Å²) in [5.41, 5.74) is 2.38. The summed E-state index contributed by atoms with van der Waals surface area (Å²) >= 11 is 0. The number of rotatable bonds is 4. The highest BCUT2D eigenvalue weighted by Crippen LogP contribution is 2.53. The lowest BCUT2D eigenvalue weighted by Gasteiger charge is -2.29. The Morgan fingerprint density at radius 1 is 1.10 bits per heavy atom. The second-order valence-electron chi connectivity index (χ2n) is 7.42. The number of alkyl halides is 4. The molecule has 0 amide bonds. The standard InChI is InChI=1S/C22H24F3N3.CH3F/c1-2-21-9-11-26-10-8-19(21)28-20-17(21)12-16(13-18(20)22(23,24)25)27-14-15-6-4-3-5-7-15;1-2/h3-8,12-13,26-28H,2,9-11,14H2,1H3;1H3/t21-;/m0./s1. The van der Waals surface area contributed by atoms with Crippen LogP contribution in [-0.2, 0) is 18.1 Å². The molecule has 7 heteroatoms. The first-order valence-corrected chi connectivity index (χ1v) is 10.0. The van der Waals surface area contributed by atoms with Gasteiger partial charge in [0.2, 0.25) is 0 Å². The summed E-state index contributed by atoms with van der Waals surface area (Å²) in [4.78, 5) is 0. The third-order valence-electron chi connectivity index (χ3n) is 5.86.